The average Bonchev–Trinajstić information content (AvgIpc) is 3.03. The maximum Gasteiger partial charge on any atom is 0.272 e. The first-order valence-corrected chi connectivity index (χ1v) is 10.1. The van der Waals surface area contributed by atoms with Gasteiger partial charge in [0.05, 0.1) is 4.92 Å². The normalized spacial score (nSPS) is 20.2. The topological polar surface area (TPSA) is 69.9 Å². The number of likely N-dealkylation sites (tertiary alicyclic amines) is 1. The van der Waals surface area contributed by atoms with E-state index in [4.69, 9.17) is 0 Å². The van der Waals surface area contributed by atoms with Crippen molar-refractivity contribution in [2.45, 2.75) is 32.0 Å². The van der Waals surface area contributed by atoms with E-state index in [0.717, 1.165) is 56.7 Å². The average molecular weight is 418 g/mol. The highest BCUT2D eigenvalue weighted by Crippen LogP contribution is 2.33. The molecule has 1 fully saturated rings. The molecule has 0 spiro atoms. The van der Waals surface area contributed by atoms with E-state index < -0.39 is 6.23 Å². The molecule has 1 unspecified atom stereocenters. The zero-order valence-corrected chi connectivity index (χ0v) is 17.3. The lowest BCUT2D eigenvalue weighted by Gasteiger charge is -2.34. The third kappa shape index (κ3) is 4.95. The Labute approximate surface area is 177 Å². The van der Waals surface area contributed by atoms with Gasteiger partial charge in [0.2, 0.25) is 0 Å². The van der Waals surface area contributed by atoms with Gasteiger partial charge in [-0.2, -0.15) is 0 Å². The second-order valence-electron chi connectivity index (χ2n) is 7.92. The number of aliphatic hydroxyl groups excluding tert-OH is 1. The molecular formula is C22H28ClN3O3. The van der Waals surface area contributed by atoms with Crippen molar-refractivity contribution >= 4 is 18.1 Å². The van der Waals surface area contributed by atoms with E-state index in [1.807, 2.05) is 30.3 Å². The lowest BCUT2D eigenvalue weighted by molar-refractivity contribution is -0.385. The first kappa shape index (κ1) is 21.7. The number of benzene rings is 2. The van der Waals surface area contributed by atoms with Crippen LogP contribution in [0, 0.1) is 16.0 Å². The van der Waals surface area contributed by atoms with Crippen LogP contribution in [0.3, 0.4) is 0 Å². The number of hydrogen-bond donors (Lipinski definition) is 1. The Morgan fingerprint density at radius 1 is 1.07 bits per heavy atom. The van der Waals surface area contributed by atoms with Gasteiger partial charge in [0, 0.05) is 31.3 Å². The molecule has 1 N–H and O–H groups in total. The fourth-order valence-electron chi connectivity index (χ4n) is 4.50. The number of nitrogens with zero attached hydrogens (tertiary/aromatic N) is 3. The van der Waals surface area contributed by atoms with Crippen LogP contribution in [0.5, 0.6) is 0 Å². The van der Waals surface area contributed by atoms with Gasteiger partial charge in [0.1, 0.15) is 6.23 Å². The summed E-state index contributed by atoms with van der Waals surface area (Å²) in [5.74, 6) is 0.589. The molecule has 2 heterocycles. The lowest BCUT2D eigenvalue weighted by atomic mass is 9.95. The van der Waals surface area contributed by atoms with Gasteiger partial charge in [-0.1, -0.05) is 42.5 Å². The van der Waals surface area contributed by atoms with E-state index in [9.17, 15) is 15.2 Å². The molecule has 0 bridgehead atoms. The molecule has 0 aromatic heterocycles. The van der Waals surface area contributed by atoms with Crippen LogP contribution in [0.4, 0.5) is 5.69 Å². The van der Waals surface area contributed by atoms with Crippen LogP contribution in [-0.2, 0) is 13.0 Å². The van der Waals surface area contributed by atoms with Gasteiger partial charge >= 0.3 is 0 Å². The molecule has 7 heteroatoms. The van der Waals surface area contributed by atoms with Gasteiger partial charge in [0.15, 0.2) is 0 Å². The van der Waals surface area contributed by atoms with Crippen LogP contribution in [0.15, 0.2) is 48.5 Å². The Bertz CT molecular complexity index is 840. The Morgan fingerprint density at radius 3 is 2.48 bits per heavy atom. The van der Waals surface area contributed by atoms with E-state index in [2.05, 4.69) is 15.9 Å². The summed E-state index contributed by atoms with van der Waals surface area (Å²) in [5.41, 5.74) is 3.31. The Morgan fingerprint density at radius 2 is 1.76 bits per heavy atom. The van der Waals surface area contributed by atoms with E-state index in [1.54, 1.807) is 12.1 Å². The van der Waals surface area contributed by atoms with Crippen LogP contribution < -0.4 is 0 Å². The zero-order valence-electron chi connectivity index (χ0n) is 16.4. The molecule has 2 aliphatic rings. The van der Waals surface area contributed by atoms with Crippen molar-refractivity contribution in [3.63, 3.8) is 0 Å². The summed E-state index contributed by atoms with van der Waals surface area (Å²) in [5, 5.41) is 21.7. The molecule has 0 aliphatic carbocycles. The van der Waals surface area contributed by atoms with Gasteiger partial charge < -0.3 is 10.0 Å². The number of nitro groups is 1. The summed E-state index contributed by atoms with van der Waals surface area (Å²) in [6, 6.07) is 15.2. The van der Waals surface area contributed by atoms with Crippen molar-refractivity contribution in [1.82, 2.24) is 9.80 Å². The molecule has 0 amide bonds. The summed E-state index contributed by atoms with van der Waals surface area (Å²) in [6.07, 6.45) is 2.45. The second kappa shape index (κ2) is 9.67. The van der Waals surface area contributed by atoms with E-state index in [0.29, 0.717) is 12.3 Å². The first-order chi connectivity index (χ1) is 13.6. The molecule has 156 valence electrons. The van der Waals surface area contributed by atoms with Crippen LogP contribution in [0.1, 0.15) is 35.8 Å². The van der Waals surface area contributed by atoms with Crippen molar-refractivity contribution in [1.29, 1.82) is 0 Å². The predicted molar refractivity (Wildman–Crippen MR) is 115 cm³/mol. The van der Waals surface area contributed by atoms with Crippen LogP contribution in [0.25, 0.3) is 0 Å². The minimum atomic E-state index is -0.479. The molecule has 1 saturated heterocycles. The summed E-state index contributed by atoms with van der Waals surface area (Å²) >= 11 is 0. The smallest absolute Gasteiger partial charge is 0.272 e. The van der Waals surface area contributed by atoms with Crippen molar-refractivity contribution in [3.8, 4) is 0 Å². The highest BCUT2D eigenvalue weighted by atomic mass is 35.5. The molecule has 2 aromatic rings. The standard InChI is InChI=1S/C22H27N3O3.ClH/c26-22-20-7-3-1-6-19(20)16-24(22)15-17-9-12-23(13-10-17)14-11-18-5-2-4-8-21(18)25(27)28;/h1-8,17,22,26H,9-16H2;1H. The second-order valence-corrected chi connectivity index (χ2v) is 7.92. The molecule has 29 heavy (non-hydrogen) atoms. The van der Waals surface area contributed by atoms with Gasteiger partial charge in [-0.3, -0.25) is 15.0 Å². The maximum atomic E-state index is 11.2. The number of aliphatic hydroxyl groups is 1. The van der Waals surface area contributed by atoms with E-state index in [1.165, 1.54) is 5.56 Å². The zero-order chi connectivity index (χ0) is 19.5. The first-order valence-electron chi connectivity index (χ1n) is 10.1. The molecule has 1 atom stereocenters. The molecule has 0 radical (unpaired) electrons. The number of para-hydroxylation sites is 1. The quantitative estimate of drug-likeness (QED) is 0.572. The van der Waals surface area contributed by atoms with Crippen molar-refractivity contribution in [3.05, 3.63) is 75.3 Å². The number of hydrogen-bond acceptors (Lipinski definition) is 5. The van der Waals surface area contributed by atoms with Gasteiger partial charge in [-0.25, -0.2) is 0 Å². The summed E-state index contributed by atoms with van der Waals surface area (Å²) in [7, 11) is 0. The molecule has 0 saturated carbocycles. The van der Waals surface area contributed by atoms with Gasteiger partial charge in [0.25, 0.3) is 5.69 Å². The fraction of sp³-hybridized carbons (Fsp3) is 0.455. The van der Waals surface area contributed by atoms with E-state index >= 15 is 0 Å². The molecule has 6 nitrogen and oxygen atoms in total. The molecule has 2 aliphatic heterocycles. The van der Waals surface area contributed by atoms with Crippen molar-refractivity contribution in [2.75, 3.05) is 26.2 Å². The number of rotatable bonds is 6. The molecule has 2 aromatic carbocycles. The van der Waals surface area contributed by atoms with Gasteiger partial charge in [-0.15, -0.1) is 12.4 Å². The lowest BCUT2D eigenvalue weighted by Crippen LogP contribution is -2.39. The summed E-state index contributed by atoms with van der Waals surface area (Å²) < 4.78 is 0. The minimum absolute atomic E-state index is 0. The summed E-state index contributed by atoms with van der Waals surface area (Å²) in [4.78, 5) is 15.4. The monoisotopic (exact) mass is 417 g/mol. The number of piperidine rings is 1. The number of halogens is 1. The Hall–Kier alpha value is -1.99. The predicted octanol–water partition coefficient (Wildman–Crippen LogP) is 3.78. The van der Waals surface area contributed by atoms with Crippen molar-refractivity contribution < 1.29 is 10.0 Å². The van der Waals surface area contributed by atoms with Gasteiger partial charge in [-0.05, 0) is 49.4 Å². The van der Waals surface area contributed by atoms with Crippen molar-refractivity contribution in [2.24, 2.45) is 5.92 Å². The molecule has 4 rings (SSSR count). The Kier molecular flexibility index (Phi) is 7.24. The van der Waals surface area contributed by atoms with Crippen LogP contribution in [-0.4, -0.2) is 46.0 Å². The number of nitro benzene ring substituents is 1. The third-order valence-electron chi connectivity index (χ3n) is 6.14. The molecular weight excluding hydrogens is 390 g/mol. The maximum absolute atomic E-state index is 11.2. The van der Waals surface area contributed by atoms with Crippen LogP contribution >= 0.6 is 12.4 Å². The van der Waals surface area contributed by atoms with Crippen LogP contribution in [0.2, 0.25) is 0 Å². The minimum Gasteiger partial charge on any atom is -0.374 e. The third-order valence-corrected chi connectivity index (χ3v) is 6.14. The van der Waals surface area contributed by atoms with E-state index in [-0.39, 0.29) is 23.0 Å². The highest BCUT2D eigenvalue weighted by Gasteiger charge is 2.31. The largest absolute Gasteiger partial charge is 0.374 e. The number of fused-ring (bicyclic) bond motifs is 1. The highest BCUT2D eigenvalue weighted by molar-refractivity contribution is 5.85. The fourth-order valence-corrected chi connectivity index (χ4v) is 4.50. The SMILES string of the molecule is Cl.O=[N+]([O-])c1ccccc1CCN1CCC(CN2Cc3ccccc3C2O)CC1. The summed E-state index contributed by atoms with van der Waals surface area (Å²) in [6.45, 7) is 4.64. The Balaban J connectivity index is 0.00000240.